The summed E-state index contributed by atoms with van der Waals surface area (Å²) < 4.78 is 28.0. The third kappa shape index (κ3) is 11.1. The molecule has 0 aromatic carbocycles. The van der Waals surface area contributed by atoms with Gasteiger partial charge in [-0.3, -0.25) is 19.2 Å². The van der Waals surface area contributed by atoms with Crippen LogP contribution in [0, 0.1) is 22.7 Å². The molecular formula is C38H62N6O7S2. The number of ketones is 1. The Hall–Kier alpha value is -3.30. The minimum atomic E-state index is -3.78. The van der Waals surface area contributed by atoms with Crippen molar-refractivity contribution in [3.05, 3.63) is 30.2 Å². The Morgan fingerprint density at radius 3 is 2.30 bits per heavy atom. The predicted molar refractivity (Wildman–Crippen MR) is 208 cm³/mol. The quantitative estimate of drug-likeness (QED) is 0.134. The van der Waals surface area contributed by atoms with Gasteiger partial charge in [0.15, 0.2) is 0 Å². The van der Waals surface area contributed by atoms with Gasteiger partial charge in [0.05, 0.1) is 6.04 Å². The summed E-state index contributed by atoms with van der Waals surface area (Å²) in [6.45, 7) is 17.5. The molecule has 1 aromatic heterocycles. The molecule has 0 spiro atoms. The molecule has 1 saturated carbocycles. The normalized spacial score (nSPS) is 20.7. The fourth-order valence-electron chi connectivity index (χ4n) is 7.46. The van der Waals surface area contributed by atoms with E-state index in [9.17, 15) is 32.4 Å². The number of amides is 5. The second-order valence-corrected chi connectivity index (χ2v) is 19.5. The fourth-order valence-corrected chi connectivity index (χ4v) is 9.84. The highest BCUT2D eigenvalue weighted by Crippen LogP contribution is 2.41. The molecule has 3 rings (SSSR count). The molecule has 1 aliphatic carbocycles. The van der Waals surface area contributed by atoms with Crippen LogP contribution in [-0.2, 0) is 29.2 Å². The van der Waals surface area contributed by atoms with Crippen LogP contribution in [0.25, 0.3) is 0 Å². The molecule has 2 heterocycles. The van der Waals surface area contributed by atoms with Crippen LogP contribution >= 0.6 is 11.3 Å². The minimum absolute atomic E-state index is 0.000726. The smallest absolute Gasteiger partial charge is 0.315 e. The fraction of sp³-hybridized carbons (Fsp3) is 0.711. The Kier molecular flexibility index (Phi) is 15.7. The van der Waals surface area contributed by atoms with Crippen LogP contribution in [-0.4, -0.2) is 98.0 Å². The second-order valence-electron chi connectivity index (χ2n) is 16.3. The SMILES string of the molecule is C=CCNC(=O)C(=O)C(CCC)NC(=O)[C@@H]1C(C(C)C)CCN1C(=O)[C@@H](NC(=O)N[C@H](CN(C)S(=O)(=O)c1cccs1)C(C)(C)C)C1(C)CCCCC1. The van der Waals surface area contributed by atoms with Gasteiger partial charge in [0.2, 0.25) is 17.6 Å². The van der Waals surface area contributed by atoms with Gasteiger partial charge >= 0.3 is 6.03 Å². The number of urea groups is 1. The molecule has 298 valence electrons. The molecule has 13 nitrogen and oxygen atoms in total. The van der Waals surface area contributed by atoms with Gasteiger partial charge in [0.25, 0.3) is 15.9 Å². The lowest BCUT2D eigenvalue weighted by molar-refractivity contribution is -0.145. The molecule has 4 N–H and O–H groups in total. The molecule has 5 atom stereocenters. The van der Waals surface area contributed by atoms with Crippen LogP contribution in [0.15, 0.2) is 34.4 Å². The van der Waals surface area contributed by atoms with Gasteiger partial charge in [0.1, 0.15) is 16.3 Å². The highest BCUT2D eigenvalue weighted by molar-refractivity contribution is 7.91. The lowest BCUT2D eigenvalue weighted by atomic mass is 9.70. The summed E-state index contributed by atoms with van der Waals surface area (Å²) in [4.78, 5) is 70.2. The molecular weight excluding hydrogens is 717 g/mol. The molecule has 1 saturated heterocycles. The van der Waals surface area contributed by atoms with Crippen molar-refractivity contribution in [1.82, 2.24) is 30.5 Å². The van der Waals surface area contributed by atoms with E-state index in [1.165, 1.54) is 17.4 Å². The molecule has 2 aliphatic rings. The first-order valence-corrected chi connectivity index (χ1v) is 21.2. The van der Waals surface area contributed by atoms with E-state index in [1.807, 2.05) is 48.5 Å². The summed E-state index contributed by atoms with van der Waals surface area (Å²) in [6, 6.07) is -0.955. The second kappa shape index (κ2) is 18.8. The summed E-state index contributed by atoms with van der Waals surface area (Å²) >= 11 is 1.12. The van der Waals surface area contributed by atoms with Crippen LogP contribution in [0.3, 0.4) is 0 Å². The maximum atomic E-state index is 14.8. The van der Waals surface area contributed by atoms with Crippen LogP contribution in [0.4, 0.5) is 4.79 Å². The number of nitrogens with zero attached hydrogens (tertiary/aromatic N) is 2. The number of Topliss-reactive ketones (excluding diaryl/α,β-unsaturated/α-hetero) is 1. The molecule has 2 unspecified atom stereocenters. The number of rotatable bonds is 17. The third-order valence-corrected chi connectivity index (χ3v) is 14.1. The van der Waals surface area contributed by atoms with Gasteiger partial charge < -0.3 is 26.2 Å². The monoisotopic (exact) mass is 778 g/mol. The average Bonchev–Trinajstić information content (AvgIpc) is 3.80. The highest BCUT2D eigenvalue weighted by atomic mass is 32.2. The molecule has 2 fully saturated rings. The van der Waals surface area contributed by atoms with Crippen LogP contribution in [0.1, 0.15) is 99.8 Å². The van der Waals surface area contributed by atoms with Gasteiger partial charge in [0, 0.05) is 32.7 Å². The number of nitrogens with one attached hydrogen (secondary N) is 4. The number of likely N-dealkylation sites (N-methyl/N-ethyl adjacent to an activating group) is 1. The van der Waals surface area contributed by atoms with Crippen molar-refractivity contribution in [3.63, 3.8) is 0 Å². The Morgan fingerprint density at radius 1 is 1.09 bits per heavy atom. The van der Waals surface area contributed by atoms with E-state index in [2.05, 4.69) is 27.8 Å². The van der Waals surface area contributed by atoms with E-state index in [1.54, 1.807) is 22.4 Å². The lowest BCUT2D eigenvalue weighted by Gasteiger charge is -2.43. The first-order chi connectivity index (χ1) is 24.8. The Bertz CT molecular complexity index is 1550. The summed E-state index contributed by atoms with van der Waals surface area (Å²) in [6.07, 6.45) is 6.97. The van der Waals surface area contributed by atoms with Crippen LogP contribution in [0.5, 0.6) is 0 Å². The van der Waals surface area contributed by atoms with E-state index in [0.29, 0.717) is 25.7 Å². The van der Waals surface area contributed by atoms with Gasteiger partial charge in [-0.2, -0.15) is 4.31 Å². The van der Waals surface area contributed by atoms with E-state index in [4.69, 9.17) is 0 Å². The van der Waals surface area contributed by atoms with Crippen molar-refractivity contribution < 1.29 is 32.4 Å². The Balaban J connectivity index is 1.91. The number of likely N-dealkylation sites (tertiary alicyclic amines) is 1. The molecule has 1 aliphatic heterocycles. The number of hydrogen-bond acceptors (Lipinski definition) is 8. The van der Waals surface area contributed by atoms with E-state index in [-0.39, 0.29) is 48.0 Å². The minimum Gasteiger partial charge on any atom is -0.346 e. The van der Waals surface area contributed by atoms with Crippen molar-refractivity contribution in [2.24, 2.45) is 22.7 Å². The van der Waals surface area contributed by atoms with Crippen molar-refractivity contribution in [1.29, 1.82) is 0 Å². The summed E-state index contributed by atoms with van der Waals surface area (Å²) in [7, 11) is -2.30. The highest BCUT2D eigenvalue weighted by Gasteiger charge is 2.50. The first-order valence-electron chi connectivity index (χ1n) is 18.9. The summed E-state index contributed by atoms with van der Waals surface area (Å²) in [5.41, 5.74) is -1.16. The number of thiophene rings is 1. The molecule has 0 radical (unpaired) electrons. The van der Waals surface area contributed by atoms with Crippen molar-refractivity contribution in [2.75, 3.05) is 26.7 Å². The molecule has 5 amide bonds. The van der Waals surface area contributed by atoms with Crippen molar-refractivity contribution >= 4 is 50.9 Å². The zero-order valence-corrected chi connectivity index (χ0v) is 34.5. The largest absolute Gasteiger partial charge is 0.346 e. The molecule has 15 heteroatoms. The first kappa shape index (κ1) is 44.1. The Morgan fingerprint density at radius 2 is 1.75 bits per heavy atom. The average molecular weight is 779 g/mol. The molecule has 0 bridgehead atoms. The summed E-state index contributed by atoms with van der Waals surface area (Å²) in [5, 5.41) is 13.0. The Labute approximate surface area is 320 Å². The van der Waals surface area contributed by atoms with Gasteiger partial charge in [-0.25, -0.2) is 13.2 Å². The summed E-state index contributed by atoms with van der Waals surface area (Å²) in [5.74, 6) is -2.64. The standard InChI is InChI=1S/C38H62N6O7S2/c1-10-16-27(31(45)34(47)39-21-11-2)40-33(46)30-26(25(3)4)18-22-44(30)35(48)32(38(8)19-13-12-14-20-38)42-36(49)41-28(37(5,6)7)24-43(9)53(50,51)29-17-15-23-52-29/h11,15,17,23,25-28,30,32H,2,10,12-14,16,18-22,24H2,1,3-9H3,(H,39,47)(H,40,46)(H2,41,42,49)/t26?,27?,28-,30+,32-/m1/s1. The number of sulfonamides is 1. The predicted octanol–water partition coefficient (Wildman–Crippen LogP) is 4.45. The van der Waals surface area contributed by atoms with Crippen LogP contribution < -0.4 is 21.3 Å². The topological polar surface area (TPSA) is 174 Å². The number of carbonyl (C=O) groups excluding carboxylic acids is 5. The van der Waals surface area contributed by atoms with Gasteiger partial charge in [-0.05, 0) is 59.8 Å². The maximum Gasteiger partial charge on any atom is 0.315 e. The zero-order valence-electron chi connectivity index (χ0n) is 32.8. The van der Waals surface area contributed by atoms with Crippen LogP contribution in [0.2, 0.25) is 0 Å². The van der Waals surface area contributed by atoms with E-state index in [0.717, 1.165) is 30.6 Å². The lowest BCUT2D eigenvalue weighted by Crippen LogP contribution is -2.63. The molecule has 53 heavy (non-hydrogen) atoms. The number of hydrogen-bond donors (Lipinski definition) is 4. The van der Waals surface area contributed by atoms with Gasteiger partial charge in [-0.15, -0.1) is 17.9 Å². The molecule has 1 aromatic rings. The van der Waals surface area contributed by atoms with E-state index < -0.39 is 68.6 Å². The van der Waals surface area contributed by atoms with Crippen molar-refractivity contribution in [2.45, 2.75) is 128 Å². The van der Waals surface area contributed by atoms with Crippen molar-refractivity contribution in [3.8, 4) is 0 Å². The zero-order chi connectivity index (χ0) is 39.7. The number of carbonyl (C=O) groups is 5. The third-order valence-electron chi connectivity index (χ3n) is 10.9. The van der Waals surface area contributed by atoms with E-state index >= 15 is 0 Å². The van der Waals surface area contributed by atoms with Gasteiger partial charge in [-0.1, -0.05) is 86.3 Å². The maximum absolute atomic E-state index is 14.8.